The number of para-hydroxylation sites is 1. The minimum Gasteiger partial charge on any atom is -0.394 e. The molecule has 0 saturated carbocycles. The minimum atomic E-state index is 0.787. The highest BCUT2D eigenvalue weighted by Crippen LogP contribution is 2.33. The molecule has 0 atom stereocenters. The summed E-state index contributed by atoms with van der Waals surface area (Å²) in [6.45, 7) is 7.18. The van der Waals surface area contributed by atoms with E-state index in [0.717, 1.165) is 30.2 Å². The summed E-state index contributed by atoms with van der Waals surface area (Å²) < 4.78 is 1.88. The van der Waals surface area contributed by atoms with Gasteiger partial charge in [0, 0.05) is 19.3 Å². The standard InChI is InChI=1S/C15H22N4/c1-5-12-14(16)15(18(4)17-12)19(6-2)13-10-8-7-9-11(13)3/h7-10H,5-6,16H2,1-4H3. The Hall–Kier alpha value is -1.97. The van der Waals surface area contributed by atoms with Crippen LogP contribution in [0, 0.1) is 6.92 Å². The molecule has 0 amide bonds. The molecule has 102 valence electrons. The summed E-state index contributed by atoms with van der Waals surface area (Å²) in [7, 11) is 1.95. The van der Waals surface area contributed by atoms with Crippen molar-refractivity contribution in [2.24, 2.45) is 7.05 Å². The molecule has 0 aliphatic heterocycles. The first-order valence-electron chi connectivity index (χ1n) is 6.74. The van der Waals surface area contributed by atoms with Gasteiger partial charge in [-0.3, -0.25) is 4.68 Å². The zero-order valence-corrected chi connectivity index (χ0v) is 12.1. The largest absolute Gasteiger partial charge is 0.394 e. The topological polar surface area (TPSA) is 47.1 Å². The maximum absolute atomic E-state index is 6.25. The fourth-order valence-corrected chi connectivity index (χ4v) is 2.47. The molecule has 4 heteroatoms. The van der Waals surface area contributed by atoms with Crippen LogP contribution in [0.3, 0.4) is 0 Å². The number of hydrogen-bond acceptors (Lipinski definition) is 3. The van der Waals surface area contributed by atoms with Gasteiger partial charge < -0.3 is 10.6 Å². The van der Waals surface area contributed by atoms with Crippen molar-refractivity contribution in [1.82, 2.24) is 9.78 Å². The van der Waals surface area contributed by atoms with Crippen molar-refractivity contribution in [1.29, 1.82) is 0 Å². The number of benzene rings is 1. The number of aryl methyl sites for hydroxylation is 3. The smallest absolute Gasteiger partial charge is 0.154 e. The SMILES string of the molecule is CCc1nn(C)c(N(CC)c2ccccc2C)c1N. The number of anilines is 3. The first kappa shape index (κ1) is 13.5. The highest BCUT2D eigenvalue weighted by Gasteiger charge is 2.19. The van der Waals surface area contributed by atoms with E-state index in [1.54, 1.807) is 0 Å². The van der Waals surface area contributed by atoms with Gasteiger partial charge in [0.2, 0.25) is 0 Å². The number of rotatable bonds is 4. The van der Waals surface area contributed by atoms with E-state index in [2.05, 4.69) is 55.0 Å². The molecule has 0 spiro atoms. The van der Waals surface area contributed by atoms with Crippen molar-refractivity contribution < 1.29 is 0 Å². The van der Waals surface area contributed by atoms with Crippen LogP contribution < -0.4 is 10.6 Å². The van der Waals surface area contributed by atoms with E-state index in [1.165, 1.54) is 11.3 Å². The lowest BCUT2D eigenvalue weighted by molar-refractivity contribution is 0.733. The van der Waals surface area contributed by atoms with Crippen LogP contribution in [0.1, 0.15) is 25.1 Å². The Morgan fingerprint density at radius 1 is 1.26 bits per heavy atom. The first-order chi connectivity index (χ1) is 9.10. The van der Waals surface area contributed by atoms with Gasteiger partial charge >= 0.3 is 0 Å². The molecule has 0 fully saturated rings. The van der Waals surface area contributed by atoms with Crippen LogP contribution in [0.15, 0.2) is 24.3 Å². The molecule has 2 rings (SSSR count). The lowest BCUT2D eigenvalue weighted by Gasteiger charge is -2.25. The summed E-state index contributed by atoms with van der Waals surface area (Å²) in [5.41, 5.74) is 10.4. The maximum atomic E-state index is 6.25. The van der Waals surface area contributed by atoms with Crippen molar-refractivity contribution in [3.05, 3.63) is 35.5 Å². The molecular weight excluding hydrogens is 236 g/mol. The van der Waals surface area contributed by atoms with Crippen molar-refractivity contribution >= 4 is 17.2 Å². The average Bonchev–Trinajstić information content (AvgIpc) is 2.69. The highest BCUT2D eigenvalue weighted by molar-refractivity contribution is 5.75. The summed E-state index contributed by atoms with van der Waals surface area (Å²) in [6, 6.07) is 8.34. The third kappa shape index (κ3) is 2.30. The van der Waals surface area contributed by atoms with E-state index in [4.69, 9.17) is 5.73 Å². The van der Waals surface area contributed by atoms with Crippen molar-refractivity contribution in [2.75, 3.05) is 17.2 Å². The molecule has 1 heterocycles. The van der Waals surface area contributed by atoms with Crippen LogP contribution in [0.25, 0.3) is 0 Å². The fourth-order valence-electron chi connectivity index (χ4n) is 2.47. The number of aromatic nitrogens is 2. The number of hydrogen-bond donors (Lipinski definition) is 1. The predicted molar refractivity (Wildman–Crippen MR) is 80.9 cm³/mol. The lowest BCUT2D eigenvalue weighted by Crippen LogP contribution is -2.21. The molecular formula is C15H22N4. The summed E-state index contributed by atoms with van der Waals surface area (Å²) in [4.78, 5) is 2.22. The van der Waals surface area contributed by atoms with Crippen molar-refractivity contribution in [2.45, 2.75) is 27.2 Å². The Kier molecular flexibility index (Phi) is 3.79. The molecule has 19 heavy (non-hydrogen) atoms. The molecule has 1 aromatic carbocycles. The van der Waals surface area contributed by atoms with Gasteiger partial charge in [-0.15, -0.1) is 0 Å². The van der Waals surface area contributed by atoms with Crippen LogP contribution in [0.2, 0.25) is 0 Å². The van der Waals surface area contributed by atoms with Gasteiger partial charge in [-0.1, -0.05) is 25.1 Å². The minimum absolute atomic E-state index is 0.787. The van der Waals surface area contributed by atoms with Gasteiger partial charge in [-0.05, 0) is 31.9 Å². The third-order valence-corrected chi connectivity index (χ3v) is 3.44. The van der Waals surface area contributed by atoms with Crippen molar-refractivity contribution in [3.8, 4) is 0 Å². The van der Waals surface area contributed by atoms with E-state index in [9.17, 15) is 0 Å². The Morgan fingerprint density at radius 3 is 2.47 bits per heavy atom. The van der Waals surface area contributed by atoms with E-state index >= 15 is 0 Å². The Bertz CT molecular complexity index is 572. The monoisotopic (exact) mass is 258 g/mol. The average molecular weight is 258 g/mol. The van der Waals surface area contributed by atoms with E-state index in [1.807, 2.05) is 11.7 Å². The van der Waals surface area contributed by atoms with Gasteiger partial charge in [-0.2, -0.15) is 5.10 Å². The molecule has 0 aliphatic rings. The molecule has 0 saturated heterocycles. The van der Waals surface area contributed by atoms with E-state index in [0.29, 0.717) is 0 Å². The summed E-state index contributed by atoms with van der Waals surface area (Å²) in [5.74, 6) is 0.980. The maximum Gasteiger partial charge on any atom is 0.154 e. The zero-order valence-electron chi connectivity index (χ0n) is 12.1. The van der Waals surface area contributed by atoms with Gasteiger partial charge in [0.15, 0.2) is 5.82 Å². The van der Waals surface area contributed by atoms with Crippen LogP contribution in [0.4, 0.5) is 17.2 Å². The van der Waals surface area contributed by atoms with E-state index in [-0.39, 0.29) is 0 Å². The molecule has 0 radical (unpaired) electrons. The van der Waals surface area contributed by atoms with Gasteiger partial charge in [0.25, 0.3) is 0 Å². The van der Waals surface area contributed by atoms with Crippen molar-refractivity contribution in [3.63, 3.8) is 0 Å². The quantitative estimate of drug-likeness (QED) is 0.917. The predicted octanol–water partition coefficient (Wildman–Crippen LogP) is 3.03. The highest BCUT2D eigenvalue weighted by atomic mass is 15.4. The Morgan fingerprint density at radius 2 is 1.95 bits per heavy atom. The fraction of sp³-hybridized carbons (Fsp3) is 0.400. The lowest BCUT2D eigenvalue weighted by atomic mass is 10.1. The first-order valence-corrected chi connectivity index (χ1v) is 6.74. The normalized spacial score (nSPS) is 10.7. The van der Waals surface area contributed by atoms with E-state index < -0.39 is 0 Å². The summed E-state index contributed by atoms with van der Waals surface area (Å²) >= 11 is 0. The van der Waals surface area contributed by atoms with Crippen LogP contribution in [-0.4, -0.2) is 16.3 Å². The zero-order chi connectivity index (χ0) is 14.0. The third-order valence-electron chi connectivity index (χ3n) is 3.44. The Balaban J connectivity index is 2.55. The second-order valence-corrected chi connectivity index (χ2v) is 4.69. The second-order valence-electron chi connectivity index (χ2n) is 4.69. The summed E-state index contributed by atoms with van der Waals surface area (Å²) in [5, 5.41) is 4.50. The van der Waals surface area contributed by atoms with Crippen LogP contribution in [-0.2, 0) is 13.5 Å². The number of nitrogens with two attached hydrogens (primary N) is 1. The molecule has 1 aromatic heterocycles. The molecule has 0 bridgehead atoms. The van der Waals surface area contributed by atoms with Crippen LogP contribution in [0.5, 0.6) is 0 Å². The molecule has 2 N–H and O–H groups in total. The summed E-state index contributed by atoms with van der Waals surface area (Å²) in [6.07, 6.45) is 0.852. The molecule has 4 nitrogen and oxygen atoms in total. The van der Waals surface area contributed by atoms with Gasteiger partial charge in [0.1, 0.15) is 0 Å². The molecule has 0 unspecified atom stereocenters. The number of nitrogens with zero attached hydrogens (tertiary/aromatic N) is 3. The number of nitrogen functional groups attached to an aromatic ring is 1. The van der Waals surface area contributed by atoms with Gasteiger partial charge in [-0.25, -0.2) is 0 Å². The Labute approximate surface area is 114 Å². The second kappa shape index (κ2) is 5.34. The van der Waals surface area contributed by atoms with Crippen LogP contribution >= 0.6 is 0 Å². The van der Waals surface area contributed by atoms with Gasteiger partial charge in [0.05, 0.1) is 11.4 Å². The molecule has 2 aromatic rings. The molecule has 0 aliphatic carbocycles.